The Bertz CT molecular complexity index is 901. The highest BCUT2D eigenvalue weighted by atomic mass is 16.5. The molecule has 2 aliphatic heterocycles. The summed E-state index contributed by atoms with van der Waals surface area (Å²) in [6.07, 6.45) is 9.16. The van der Waals surface area contributed by atoms with E-state index in [0.717, 1.165) is 44.6 Å². The Morgan fingerprint density at radius 3 is 2.70 bits per heavy atom. The number of ether oxygens (including phenoxy) is 1. The van der Waals surface area contributed by atoms with Gasteiger partial charge in [0.15, 0.2) is 5.82 Å². The highest BCUT2D eigenvalue weighted by molar-refractivity contribution is 5.54. The highest BCUT2D eigenvalue weighted by Gasteiger charge is 2.30. The molecule has 30 heavy (non-hydrogen) atoms. The predicted molar refractivity (Wildman–Crippen MR) is 115 cm³/mol. The predicted octanol–water partition coefficient (Wildman–Crippen LogP) is 3.66. The lowest BCUT2D eigenvalue weighted by Gasteiger charge is -2.36. The summed E-state index contributed by atoms with van der Waals surface area (Å²) < 4.78 is 7.84. The Morgan fingerprint density at radius 1 is 1.13 bits per heavy atom. The van der Waals surface area contributed by atoms with Gasteiger partial charge >= 0.3 is 0 Å². The molecule has 7 heteroatoms. The quantitative estimate of drug-likeness (QED) is 0.789. The number of nitrogens with one attached hydrogen (secondary N) is 1. The minimum absolute atomic E-state index is 0.546. The zero-order chi connectivity index (χ0) is 20.3. The summed E-state index contributed by atoms with van der Waals surface area (Å²) in [5.74, 6) is 2.81. The third-order valence-electron chi connectivity index (χ3n) is 6.98. The topological polar surface area (TPSA) is 79.0 Å². The zero-order valence-electron chi connectivity index (χ0n) is 17.5. The van der Waals surface area contributed by atoms with Gasteiger partial charge in [0.05, 0.1) is 18.2 Å². The van der Waals surface area contributed by atoms with E-state index >= 15 is 0 Å². The first-order valence-electron chi connectivity index (χ1n) is 11.3. The normalized spacial score (nSPS) is 23.2. The number of pyridine rings is 1. The van der Waals surface area contributed by atoms with E-state index in [1.807, 2.05) is 0 Å². The van der Waals surface area contributed by atoms with Crippen LogP contribution in [0.5, 0.6) is 0 Å². The van der Waals surface area contributed by atoms with E-state index in [-0.39, 0.29) is 0 Å². The van der Waals surface area contributed by atoms with Gasteiger partial charge < -0.3 is 10.1 Å². The fourth-order valence-corrected chi connectivity index (χ4v) is 4.96. The van der Waals surface area contributed by atoms with Gasteiger partial charge in [-0.25, -0.2) is 4.98 Å². The average molecular weight is 407 g/mol. The summed E-state index contributed by atoms with van der Waals surface area (Å²) in [6, 6.07) is 8.48. The first-order chi connectivity index (χ1) is 14.8. The zero-order valence-corrected chi connectivity index (χ0v) is 17.5. The molecule has 1 aliphatic carbocycles. The van der Waals surface area contributed by atoms with Gasteiger partial charge in [0.2, 0.25) is 0 Å². The molecular formula is C23H30N6O. The molecule has 0 aromatic carbocycles. The van der Waals surface area contributed by atoms with E-state index in [4.69, 9.17) is 15.1 Å². The van der Waals surface area contributed by atoms with Crippen LogP contribution < -0.4 is 5.32 Å². The van der Waals surface area contributed by atoms with Crippen molar-refractivity contribution >= 4 is 11.6 Å². The van der Waals surface area contributed by atoms with E-state index in [1.54, 1.807) is 18.3 Å². The van der Waals surface area contributed by atoms with Gasteiger partial charge in [0.25, 0.3) is 0 Å². The van der Waals surface area contributed by atoms with E-state index in [1.165, 1.54) is 44.2 Å². The standard InChI is InChI=1S/C23H30N6O/c24-14-18-4-8-25-22(12-18)26-23-13-21(29(27-23)15-17-2-1-3-17)19-5-9-28(10-6-19)20-7-11-30-16-20/h4,8,12-13,17,19-20H,1-3,5-7,9-11,15-16H2,(H,25,26,27). The van der Waals surface area contributed by atoms with Gasteiger partial charge in [-0.2, -0.15) is 10.4 Å². The summed E-state index contributed by atoms with van der Waals surface area (Å²) in [6.45, 7) is 5.10. The van der Waals surface area contributed by atoms with Gasteiger partial charge in [-0.3, -0.25) is 9.58 Å². The van der Waals surface area contributed by atoms with E-state index in [0.29, 0.717) is 23.3 Å². The third kappa shape index (κ3) is 4.21. The molecule has 3 aliphatic rings. The monoisotopic (exact) mass is 406 g/mol. The summed E-state index contributed by atoms with van der Waals surface area (Å²) in [7, 11) is 0. The lowest BCUT2D eigenvalue weighted by Crippen LogP contribution is -2.41. The van der Waals surface area contributed by atoms with E-state index in [9.17, 15) is 0 Å². The number of likely N-dealkylation sites (tertiary alicyclic amines) is 1. The van der Waals surface area contributed by atoms with Crippen molar-refractivity contribution in [3.05, 3.63) is 35.7 Å². The SMILES string of the molecule is N#Cc1ccnc(Nc2cc(C3CCN(C4CCOC4)CC3)n(CC3CCC3)n2)c1. The minimum Gasteiger partial charge on any atom is -0.380 e. The maximum absolute atomic E-state index is 9.14. The molecule has 2 saturated heterocycles. The van der Waals surface area contributed by atoms with Crippen molar-refractivity contribution in [3.8, 4) is 6.07 Å². The Balaban J connectivity index is 1.31. The number of hydrogen-bond acceptors (Lipinski definition) is 6. The van der Waals surface area contributed by atoms with Crippen LogP contribution >= 0.6 is 0 Å². The number of aromatic nitrogens is 3. The maximum Gasteiger partial charge on any atom is 0.153 e. The minimum atomic E-state index is 0.546. The molecule has 158 valence electrons. The molecule has 1 atom stereocenters. The first kappa shape index (κ1) is 19.5. The average Bonchev–Trinajstić information content (AvgIpc) is 3.41. The lowest BCUT2D eigenvalue weighted by molar-refractivity contribution is 0.120. The fraction of sp³-hybridized carbons (Fsp3) is 0.609. The van der Waals surface area contributed by atoms with Crippen molar-refractivity contribution in [2.45, 2.75) is 57.0 Å². The summed E-state index contributed by atoms with van der Waals surface area (Å²) in [5, 5.41) is 17.4. The first-order valence-corrected chi connectivity index (χ1v) is 11.3. The van der Waals surface area contributed by atoms with Crippen molar-refractivity contribution in [2.75, 3.05) is 31.6 Å². The van der Waals surface area contributed by atoms with E-state index in [2.05, 4.69) is 32.0 Å². The molecule has 4 heterocycles. The smallest absolute Gasteiger partial charge is 0.153 e. The van der Waals surface area contributed by atoms with Crippen LogP contribution in [0.15, 0.2) is 24.4 Å². The van der Waals surface area contributed by atoms with Crippen LogP contribution in [-0.4, -0.2) is 52.0 Å². The Kier molecular flexibility index (Phi) is 5.69. The molecule has 0 amide bonds. The van der Waals surface area contributed by atoms with E-state index < -0.39 is 0 Å². The van der Waals surface area contributed by atoms with Crippen LogP contribution in [0.3, 0.4) is 0 Å². The Labute approximate surface area is 178 Å². The second-order valence-corrected chi connectivity index (χ2v) is 8.93. The number of hydrogen-bond donors (Lipinski definition) is 1. The van der Waals surface area contributed by atoms with Crippen LogP contribution in [0.25, 0.3) is 0 Å². The summed E-state index contributed by atoms with van der Waals surface area (Å²) in [5.41, 5.74) is 1.95. The summed E-state index contributed by atoms with van der Waals surface area (Å²) in [4.78, 5) is 6.96. The van der Waals surface area contributed by atoms with Crippen molar-refractivity contribution in [3.63, 3.8) is 0 Å². The van der Waals surface area contributed by atoms with Crippen molar-refractivity contribution in [2.24, 2.45) is 5.92 Å². The second-order valence-electron chi connectivity index (χ2n) is 8.93. The largest absolute Gasteiger partial charge is 0.380 e. The summed E-state index contributed by atoms with van der Waals surface area (Å²) >= 11 is 0. The Morgan fingerprint density at radius 2 is 2.00 bits per heavy atom. The molecule has 1 unspecified atom stereocenters. The molecule has 5 rings (SSSR count). The van der Waals surface area contributed by atoms with Crippen LogP contribution in [0.4, 0.5) is 11.6 Å². The molecule has 3 fully saturated rings. The second kappa shape index (κ2) is 8.75. The molecule has 1 saturated carbocycles. The number of piperidine rings is 1. The van der Waals surface area contributed by atoms with Crippen LogP contribution in [0.1, 0.15) is 55.7 Å². The van der Waals surface area contributed by atoms with Crippen molar-refractivity contribution in [1.82, 2.24) is 19.7 Å². The molecule has 2 aromatic heterocycles. The molecular weight excluding hydrogens is 376 g/mol. The van der Waals surface area contributed by atoms with Gasteiger partial charge in [0.1, 0.15) is 5.82 Å². The third-order valence-corrected chi connectivity index (χ3v) is 6.98. The molecule has 0 bridgehead atoms. The van der Waals surface area contributed by atoms with Gasteiger partial charge in [-0.1, -0.05) is 6.42 Å². The molecule has 2 aromatic rings. The van der Waals surface area contributed by atoms with Gasteiger partial charge in [-0.15, -0.1) is 0 Å². The number of anilines is 2. The highest BCUT2D eigenvalue weighted by Crippen LogP contribution is 2.34. The number of nitriles is 1. The lowest BCUT2D eigenvalue weighted by atomic mass is 9.85. The van der Waals surface area contributed by atoms with Gasteiger partial charge in [0, 0.05) is 43.1 Å². The van der Waals surface area contributed by atoms with Crippen LogP contribution in [-0.2, 0) is 11.3 Å². The van der Waals surface area contributed by atoms with Crippen molar-refractivity contribution in [1.29, 1.82) is 5.26 Å². The molecule has 1 N–H and O–H groups in total. The number of rotatable bonds is 6. The van der Waals surface area contributed by atoms with Gasteiger partial charge in [-0.05, 0) is 63.2 Å². The number of nitrogens with zero attached hydrogens (tertiary/aromatic N) is 5. The van der Waals surface area contributed by atoms with Crippen LogP contribution in [0, 0.1) is 17.2 Å². The van der Waals surface area contributed by atoms with Crippen LogP contribution in [0.2, 0.25) is 0 Å². The van der Waals surface area contributed by atoms with Crippen molar-refractivity contribution < 1.29 is 4.74 Å². The molecule has 0 radical (unpaired) electrons. The maximum atomic E-state index is 9.14. The molecule has 0 spiro atoms. The fourth-order valence-electron chi connectivity index (χ4n) is 4.96. The molecule has 7 nitrogen and oxygen atoms in total. The Hall–Kier alpha value is -2.43.